The van der Waals surface area contributed by atoms with Crippen molar-refractivity contribution in [1.29, 1.82) is 0 Å². The van der Waals surface area contributed by atoms with E-state index in [1.807, 2.05) is 0 Å². The summed E-state index contributed by atoms with van der Waals surface area (Å²) in [5.74, 6) is -3.72. The molecule has 176 valence electrons. The van der Waals surface area contributed by atoms with Gasteiger partial charge in [0.05, 0.1) is 6.61 Å². The number of phenols is 3. The third-order valence-electron chi connectivity index (χ3n) is 5.28. The topological polar surface area (TPSA) is 211 Å². The molecule has 8 N–H and O–H groups in total. The first-order valence-electron chi connectivity index (χ1n) is 9.65. The van der Waals surface area contributed by atoms with E-state index < -0.39 is 71.1 Å². The highest BCUT2D eigenvalue weighted by atomic mass is 16.7. The maximum atomic E-state index is 13.0. The van der Waals surface area contributed by atoms with Crippen molar-refractivity contribution in [3.63, 3.8) is 0 Å². The van der Waals surface area contributed by atoms with E-state index in [1.165, 1.54) is 24.3 Å². The van der Waals surface area contributed by atoms with Crippen molar-refractivity contribution >= 4 is 11.0 Å². The van der Waals surface area contributed by atoms with Crippen LogP contribution in [0.25, 0.3) is 22.3 Å². The fourth-order valence-electron chi connectivity index (χ4n) is 3.49. The highest BCUT2D eigenvalue weighted by Gasteiger charge is 2.45. The zero-order chi connectivity index (χ0) is 24.0. The highest BCUT2D eigenvalue weighted by Crippen LogP contribution is 2.44. The van der Waals surface area contributed by atoms with Crippen LogP contribution in [-0.4, -0.2) is 78.2 Å². The predicted octanol–water partition coefficient (Wildman–Crippen LogP) is -0.539. The van der Waals surface area contributed by atoms with Gasteiger partial charge < -0.3 is 54.7 Å². The van der Waals surface area contributed by atoms with Crippen LogP contribution in [0.15, 0.2) is 39.5 Å². The van der Waals surface area contributed by atoms with E-state index in [-0.39, 0.29) is 22.7 Å². The van der Waals surface area contributed by atoms with Gasteiger partial charge in [0.25, 0.3) is 0 Å². The third-order valence-corrected chi connectivity index (χ3v) is 5.28. The molecule has 1 aliphatic rings. The minimum Gasteiger partial charge on any atom is -0.508 e. The Labute approximate surface area is 184 Å². The Kier molecular flexibility index (Phi) is 5.78. The lowest BCUT2D eigenvalue weighted by Gasteiger charge is -2.39. The largest absolute Gasteiger partial charge is 0.508 e. The van der Waals surface area contributed by atoms with Crippen molar-refractivity contribution in [3.05, 3.63) is 40.6 Å². The molecule has 12 heteroatoms. The summed E-state index contributed by atoms with van der Waals surface area (Å²) in [6, 6.07) is 6.22. The lowest BCUT2D eigenvalue weighted by atomic mass is 9.99. The molecule has 2 heterocycles. The Morgan fingerprint density at radius 2 is 1.58 bits per heavy atom. The van der Waals surface area contributed by atoms with Gasteiger partial charge in [-0.05, 0) is 24.3 Å². The van der Waals surface area contributed by atoms with E-state index in [2.05, 4.69) is 0 Å². The summed E-state index contributed by atoms with van der Waals surface area (Å²) in [5.41, 5.74) is -1.18. The average Bonchev–Trinajstić information content (AvgIpc) is 2.80. The second-order valence-corrected chi connectivity index (χ2v) is 7.42. The fourth-order valence-corrected chi connectivity index (χ4v) is 3.49. The van der Waals surface area contributed by atoms with Gasteiger partial charge in [-0.2, -0.15) is 0 Å². The first-order chi connectivity index (χ1) is 15.6. The second kappa shape index (κ2) is 8.42. The molecule has 0 spiro atoms. The molecule has 33 heavy (non-hydrogen) atoms. The van der Waals surface area contributed by atoms with E-state index >= 15 is 0 Å². The second-order valence-electron chi connectivity index (χ2n) is 7.42. The molecule has 5 atom stereocenters. The Morgan fingerprint density at radius 1 is 0.909 bits per heavy atom. The molecule has 0 aliphatic carbocycles. The van der Waals surface area contributed by atoms with Crippen LogP contribution in [0.4, 0.5) is 0 Å². The summed E-state index contributed by atoms with van der Waals surface area (Å²) >= 11 is 0. The fraction of sp³-hybridized carbons (Fsp3) is 0.286. The summed E-state index contributed by atoms with van der Waals surface area (Å²) < 4.78 is 16.1. The maximum absolute atomic E-state index is 13.0. The van der Waals surface area contributed by atoms with Crippen LogP contribution in [0.5, 0.6) is 28.7 Å². The van der Waals surface area contributed by atoms with E-state index in [0.717, 1.165) is 6.07 Å². The normalized spacial score (nSPS) is 25.3. The first-order valence-corrected chi connectivity index (χ1v) is 9.65. The molecule has 1 fully saturated rings. The first kappa shape index (κ1) is 22.6. The van der Waals surface area contributed by atoms with Gasteiger partial charge in [0.15, 0.2) is 17.3 Å². The van der Waals surface area contributed by atoms with Crippen LogP contribution >= 0.6 is 0 Å². The molecule has 0 radical (unpaired) electrons. The summed E-state index contributed by atoms with van der Waals surface area (Å²) in [4.78, 5) is 13.0. The predicted molar refractivity (Wildman–Crippen MR) is 109 cm³/mol. The summed E-state index contributed by atoms with van der Waals surface area (Å²) in [6.45, 7) is -0.753. The molecule has 3 aromatic rings. The molecule has 1 saturated heterocycles. The molecule has 5 unspecified atom stereocenters. The molecule has 0 saturated carbocycles. The van der Waals surface area contributed by atoms with Crippen molar-refractivity contribution in [3.8, 4) is 40.1 Å². The van der Waals surface area contributed by atoms with Gasteiger partial charge >= 0.3 is 0 Å². The van der Waals surface area contributed by atoms with Crippen molar-refractivity contribution in [2.45, 2.75) is 30.7 Å². The minimum atomic E-state index is -1.88. The van der Waals surface area contributed by atoms with Crippen molar-refractivity contribution in [2.75, 3.05) is 6.61 Å². The Hall–Kier alpha value is -3.55. The monoisotopic (exact) mass is 464 g/mol. The number of ether oxygens (including phenoxy) is 2. The molecule has 1 aliphatic heterocycles. The van der Waals surface area contributed by atoms with Gasteiger partial charge in [0.1, 0.15) is 41.1 Å². The lowest BCUT2D eigenvalue weighted by Crippen LogP contribution is -2.60. The molecule has 1 aromatic heterocycles. The number of benzene rings is 2. The van der Waals surface area contributed by atoms with Crippen molar-refractivity contribution in [1.82, 2.24) is 0 Å². The van der Waals surface area contributed by atoms with Crippen LogP contribution in [0, 0.1) is 0 Å². The van der Waals surface area contributed by atoms with Crippen LogP contribution in [0.3, 0.4) is 0 Å². The minimum absolute atomic E-state index is 0.0702. The van der Waals surface area contributed by atoms with Gasteiger partial charge in [-0.15, -0.1) is 0 Å². The summed E-state index contributed by atoms with van der Waals surface area (Å²) in [7, 11) is 0. The number of hydrogen-bond donors (Lipinski definition) is 8. The maximum Gasteiger partial charge on any atom is 0.238 e. The van der Waals surface area contributed by atoms with Crippen LogP contribution < -0.4 is 10.2 Å². The highest BCUT2D eigenvalue weighted by molar-refractivity contribution is 5.91. The van der Waals surface area contributed by atoms with Gasteiger partial charge in [0, 0.05) is 11.6 Å². The zero-order valence-electron chi connectivity index (χ0n) is 16.7. The number of aliphatic hydroxyl groups is 4. The molecule has 0 bridgehead atoms. The molecule has 2 aromatic carbocycles. The lowest BCUT2D eigenvalue weighted by molar-refractivity contribution is -0.277. The molecule has 0 amide bonds. The number of rotatable bonds is 4. The number of phenolic OH excluding ortho intramolecular Hbond substituents is 3. The van der Waals surface area contributed by atoms with Crippen LogP contribution in [0.1, 0.15) is 0 Å². The van der Waals surface area contributed by atoms with Gasteiger partial charge in [-0.3, -0.25) is 4.79 Å². The van der Waals surface area contributed by atoms with E-state index in [1.54, 1.807) is 0 Å². The Bertz CT molecular complexity index is 1230. The molecular formula is C21H20O12. The van der Waals surface area contributed by atoms with Crippen LogP contribution in [0.2, 0.25) is 0 Å². The number of aliphatic hydroxyl groups excluding tert-OH is 4. The van der Waals surface area contributed by atoms with Gasteiger partial charge in [0.2, 0.25) is 23.2 Å². The number of fused-ring (bicyclic) bond motifs is 1. The molecular weight excluding hydrogens is 444 g/mol. The van der Waals surface area contributed by atoms with Gasteiger partial charge in [-0.1, -0.05) is 0 Å². The Morgan fingerprint density at radius 3 is 2.21 bits per heavy atom. The van der Waals surface area contributed by atoms with E-state index in [9.17, 15) is 45.6 Å². The third kappa shape index (κ3) is 3.79. The smallest absolute Gasteiger partial charge is 0.238 e. The zero-order valence-corrected chi connectivity index (χ0v) is 16.7. The summed E-state index contributed by atoms with van der Waals surface area (Å²) in [6.07, 6.45) is -8.50. The number of hydrogen-bond acceptors (Lipinski definition) is 12. The van der Waals surface area contributed by atoms with Crippen molar-refractivity contribution < 1.29 is 54.7 Å². The molecule has 4 rings (SSSR count). The quantitative estimate of drug-likeness (QED) is 0.229. The Balaban J connectivity index is 1.85. The SMILES string of the molecule is O=c1c(O)c(-c2ccc(O)cc2)oc2cc(O)c(O)c(OC3OC(CO)C(O)C(O)C3O)c12. The van der Waals surface area contributed by atoms with E-state index in [4.69, 9.17) is 13.9 Å². The standard InChI is InChI=1S/C21H20O12/c22-6-11-14(26)16(28)18(30)21(32-11)33-20-12-10(5-9(24)13(20)25)31-19(17(29)15(12)27)7-1-3-8(23)4-2-7/h1-5,11,14,16,18,21-26,28-30H,6H2. The van der Waals surface area contributed by atoms with Crippen LogP contribution in [-0.2, 0) is 4.74 Å². The van der Waals surface area contributed by atoms with Crippen molar-refractivity contribution in [2.24, 2.45) is 0 Å². The summed E-state index contributed by atoms with van der Waals surface area (Å²) in [5, 5.41) is 79.2. The van der Waals surface area contributed by atoms with Gasteiger partial charge in [-0.25, -0.2) is 0 Å². The average molecular weight is 464 g/mol. The molecule has 12 nitrogen and oxygen atoms in total. The number of aromatic hydroxyl groups is 4. The van der Waals surface area contributed by atoms with E-state index in [0.29, 0.717) is 0 Å².